The van der Waals surface area contributed by atoms with E-state index in [-0.39, 0.29) is 11.0 Å². The van der Waals surface area contributed by atoms with Gasteiger partial charge in [-0.15, -0.1) is 0 Å². The highest BCUT2D eigenvalue weighted by Gasteiger charge is 2.49. The zero-order chi connectivity index (χ0) is 24.8. The van der Waals surface area contributed by atoms with Gasteiger partial charge < -0.3 is 14.8 Å². The van der Waals surface area contributed by atoms with Crippen LogP contribution in [0.15, 0.2) is 54.6 Å². The number of nitrogens with zero attached hydrogens (tertiary/aromatic N) is 2. The molecule has 1 amide bonds. The second kappa shape index (κ2) is 9.13. The van der Waals surface area contributed by atoms with E-state index >= 15 is 0 Å². The number of nitrogens with one attached hydrogen (secondary N) is 1. The van der Waals surface area contributed by atoms with E-state index in [1.54, 1.807) is 0 Å². The number of aromatic amines is 1. The summed E-state index contributed by atoms with van der Waals surface area (Å²) in [4.78, 5) is 22.2. The Morgan fingerprint density at radius 3 is 2.37 bits per heavy atom. The molecule has 1 aliphatic carbocycles. The fourth-order valence-corrected chi connectivity index (χ4v) is 6.94. The van der Waals surface area contributed by atoms with Crippen LogP contribution < -0.4 is 0 Å². The van der Waals surface area contributed by atoms with Crippen molar-refractivity contribution in [2.75, 3.05) is 20.6 Å². The molecule has 35 heavy (non-hydrogen) atoms. The minimum Gasteiger partial charge on any atom is -0.356 e. The van der Waals surface area contributed by atoms with Gasteiger partial charge in [0.15, 0.2) is 0 Å². The van der Waals surface area contributed by atoms with Crippen molar-refractivity contribution in [2.45, 2.75) is 70.9 Å². The molecule has 1 N–H and O–H groups in total. The van der Waals surface area contributed by atoms with E-state index in [4.69, 9.17) is 0 Å². The van der Waals surface area contributed by atoms with Crippen molar-refractivity contribution in [3.63, 3.8) is 0 Å². The highest BCUT2D eigenvalue weighted by Crippen LogP contribution is 2.51. The molecule has 2 heterocycles. The van der Waals surface area contributed by atoms with Gasteiger partial charge >= 0.3 is 0 Å². The first kappa shape index (κ1) is 24.1. The predicted octanol–water partition coefficient (Wildman–Crippen LogP) is 6.68. The first-order valence-corrected chi connectivity index (χ1v) is 13.3. The van der Waals surface area contributed by atoms with Gasteiger partial charge in [0, 0.05) is 35.6 Å². The van der Waals surface area contributed by atoms with Crippen molar-refractivity contribution in [1.29, 1.82) is 0 Å². The molecule has 186 valence electrons. The highest BCUT2D eigenvalue weighted by atomic mass is 16.2. The zero-order valence-corrected chi connectivity index (χ0v) is 22.1. The lowest BCUT2D eigenvalue weighted by molar-refractivity contribution is -0.144. The van der Waals surface area contributed by atoms with Crippen LogP contribution in [0.1, 0.15) is 75.7 Å². The number of hydrogen-bond acceptors (Lipinski definition) is 2. The summed E-state index contributed by atoms with van der Waals surface area (Å²) in [5.74, 6) is 0.889. The Bertz CT molecular complexity index is 1180. The second-order valence-corrected chi connectivity index (χ2v) is 12.2. The molecule has 0 bridgehead atoms. The topological polar surface area (TPSA) is 39.3 Å². The standard InChI is InChI=1S/C31H41N3O/c1-30(2,3)21-27(35)34-20-17-25-24-13-9-10-14-26(24)32-29(25)31(34)18-15-23(16-19-31)28(33(4)5)22-11-7-6-8-12-22/h6-14,23,28,32H,15-21H2,1-5H3. The summed E-state index contributed by atoms with van der Waals surface area (Å²) >= 11 is 0. The number of carbonyl (C=O) groups excluding carboxylic acids is 1. The Morgan fingerprint density at radius 1 is 1.06 bits per heavy atom. The van der Waals surface area contributed by atoms with E-state index in [0.29, 0.717) is 24.3 Å². The third-order valence-corrected chi connectivity index (χ3v) is 8.37. The summed E-state index contributed by atoms with van der Waals surface area (Å²) in [5.41, 5.74) is 5.12. The predicted molar refractivity (Wildman–Crippen MR) is 144 cm³/mol. The molecule has 1 unspecified atom stereocenters. The molecule has 4 heteroatoms. The molecule has 2 aliphatic rings. The third kappa shape index (κ3) is 4.42. The van der Waals surface area contributed by atoms with Crippen molar-refractivity contribution < 1.29 is 4.79 Å². The Labute approximate surface area is 210 Å². The van der Waals surface area contributed by atoms with E-state index in [2.05, 4.69) is 104 Å². The average molecular weight is 472 g/mol. The fraction of sp³-hybridized carbons (Fsp3) is 0.516. The summed E-state index contributed by atoms with van der Waals surface area (Å²) in [6, 6.07) is 20.0. The average Bonchev–Trinajstić information content (AvgIpc) is 3.20. The summed E-state index contributed by atoms with van der Waals surface area (Å²) in [6.45, 7) is 7.35. The summed E-state index contributed by atoms with van der Waals surface area (Å²) < 4.78 is 0. The number of H-pyrrole nitrogens is 1. The molecule has 1 aromatic heterocycles. The molecule has 0 saturated heterocycles. The molecule has 5 rings (SSSR count). The number of rotatable bonds is 4. The maximum atomic E-state index is 13.8. The van der Waals surface area contributed by atoms with Gasteiger partial charge in [-0.05, 0) is 74.7 Å². The van der Waals surface area contributed by atoms with E-state index in [0.717, 1.165) is 38.6 Å². The molecule has 1 spiro atoms. The van der Waals surface area contributed by atoms with Crippen LogP contribution >= 0.6 is 0 Å². The number of para-hydroxylation sites is 1. The van der Waals surface area contributed by atoms with Crippen LogP contribution in [0.3, 0.4) is 0 Å². The molecule has 3 aromatic rings. The molecular weight excluding hydrogens is 430 g/mol. The van der Waals surface area contributed by atoms with Crippen molar-refractivity contribution in [2.24, 2.45) is 11.3 Å². The van der Waals surface area contributed by atoms with Gasteiger partial charge in [-0.2, -0.15) is 0 Å². The van der Waals surface area contributed by atoms with Crippen LogP contribution in [0, 0.1) is 11.3 Å². The van der Waals surface area contributed by atoms with E-state index < -0.39 is 0 Å². The third-order valence-electron chi connectivity index (χ3n) is 8.37. The van der Waals surface area contributed by atoms with Crippen LogP contribution in [-0.4, -0.2) is 41.3 Å². The van der Waals surface area contributed by atoms with Crippen molar-refractivity contribution in [1.82, 2.24) is 14.8 Å². The molecule has 0 radical (unpaired) electrons. The monoisotopic (exact) mass is 471 g/mol. The number of amides is 1. The van der Waals surface area contributed by atoms with Crippen molar-refractivity contribution >= 4 is 16.8 Å². The summed E-state index contributed by atoms with van der Waals surface area (Å²) in [7, 11) is 4.41. The first-order valence-electron chi connectivity index (χ1n) is 13.3. The smallest absolute Gasteiger partial charge is 0.223 e. The SMILES string of the molecule is CN(C)C(c1ccccc1)C1CCC2(CC1)c1[nH]c3ccccc3c1CCN2C(=O)CC(C)(C)C. The van der Waals surface area contributed by atoms with Crippen LogP contribution in [0.4, 0.5) is 0 Å². The first-order chi connectivity index (χ1) is 16.7. The maximum absolute atomic E-state index is 13.8. The largest absolute Gasteiger partial charge is 0.356 e. The minimum atomic E-state index is -0.223. The van der Waals surface area contributed by atoms with Crippen LogP contribution in [-0.2, 0) is 16.8 Å². The lowest BCUT2D eigenvalue weighted by Gasteiger charge is -2.52. The van der Waals surface area contributed by atoms with Gasteiger partial charge in [0.2, 0.25) is 5.91 Å². The van der Waals surface area contributed by atoms with Crippen molar-refractivity contribution in [3.05, 3.63) is 71.4 Å². The van der Waals surface area contributed by atoms with Crippen LogP contribution in [0.25, 0.3) is 10.9 Å². The van der Waals surface area contributed by atoms with Gasteiger partial charge in [0.05, 0.1) is 5.54 Å². The number of hydrogen-bond donors (Lipinski definition) is 1. The highest BCUT2D eigenvalue weighted by molar-refractivity contribution is 5.87. The number of fused-ring (bicyclic) bond motifs is 4. The van der Waals surface area contributed by atoms with E-state index in [1.807, 2.05) is 0 Å². The number of aromatic nitrogens is 1. The molecule has 1 aliphatic heterocycles. The Morgan fingerprint density at radius 2 is 1.71 bits per heavy atom. The quantitative estimate of drug-likeness (QED) is 0.461. The molecular formula is C31H41N3O. The van der Waals surface area contributed by atoms with Gasteiger partial charge in [-0.3, -0.25) is 4.79 Å². The minimum absolute atomic E-state index is 0.0144. The maximum Gasteiger partial charge on any atom is 0.223 e. The number of carbonyl (C=O) groups is 1. The molecule has 1 saturated carbocycles. The Balaban J connectivity index is 1.51. The zero-order valence-electron chi connectivity index (χ0n) is 22.1. The van der Waals surface area contributed by atoms with Crippen LogP contribution in [0.5, 0.6) is 0 Å². The Hall–Kier alpha value is -2.59. The molecule has 1 fully saturated rings. The number of benzene rings is 2. The molecule has 2 aromatic carbocycles. The van der Waals surface area contributed by atoms with Gasteiger partial charge in [-0.25, -0.2) is 0 Å². The fourth-order valence-electron chi connectivity index (χ4n) is 6.94. The van der Waals surface area contributed by atoms with E-state index in [9.17, 15) is 4.79 Å². The summed E-state index contributed by atoms with van der Waals surface area (Å²) in [5, 5.41) is 1.34. The lowest BCUT2D eigenvalue weighted by Crippen LogP contribution is -2.56. The lowest BCUT2D eigenvalue weighted by atomic mass is 9.68. The van der Waals surface area contributed by atoms with Gasteiger partial charge in [0.25, 0.3) is 0 Å². The van der Waals surface area contributed by atoms with Crippen molar-refractivity contribution in [3.8, 4) is 0 Å². The van der Waals surface area contributed by atoms with Gasteiger partial charge in [-0.1, -0.05) is 69.3 Å². The van der Waals surface area contributed by atoms with E-state index in [1.165, 1.54) is 27.7 Å². The molecule has 1 atom stereocenters. The van der Waals surface area contributed by atoms with Crippen LogP contribution in [0.2, 0.25) is 0 Å². The second-order valence-electron chi connectivity index (χ2n) is 12.2. The van der Waals surface area contributed by atoms with Gasteiger partial charge in [0.1, 0.15) is 0 Å². The Kier molecular flexibility index (Phi) is 6.29. The molecule has 4 nitrogen and oxygen atoms in total. The normalized spacial score (nSPS) is 23.6. The summed E-state index contributed by atoms with van der Waals surface area (Å²) in [6.07, 6.45) is 5.80.